The van der Waals surface area contributed by atoms with Gasteiger partial charge in [0.1, 0.15) is 18.0 Å². The number of nitrogens with zero attached hydrogens (tertiary/aromatic N) is 3. The summed E-state index contributed by atoms with van der Waals surface area (Å²) in [6.45, 7) is 0.230. The Morgan fingerprint density at radius 1 is 1.11 bits per heavy atom. The van der Waals surface area contributed by atoms with Gasteiger partial charge in [0.15, 0.2) is 5.82 Å². The number of hydrogen-bond acceptors (Lipinski definition) is 6. The van der Waals surface area contributed by atoms with Gasteiger partial charge in [-0.25, -0.2) is 9.97 Å². The largest absolute Gasteiger partial charge is 0.480 e. The van der Waals surface area contributed by atoms with Crippen molar-refractivity contribution in [2.45, 2.75) is 13.0 Å². The van der Waals surface area contributed by atoms with Crippen LogP contribution in [0, 0.1) is 0 Å². The topological polar surface area (TPSA) is 86.2 Å². The number of halogens is 1. The zero-order valence-corrected chi connectivity index (χ0v) is 16.2. The molecule has 1 N–H and O–H groups in total. The molecule has 0 aliphatic heterocycles. The van der Waals surface area contributed by atoms with Crippen molar-refractivity contribution in [1.29, 1.82) is 0 Å². The van der Waals surface area contributed by atoms with Gasteiger partial charge in [-0.2, -0.15) is 4.98 Å². The van der Waals surface area contributed by atoms with Gasteiger partial charge in [-0.1, -0.05) is 29.8 Å². The van der Waals surface area contributed by atoms with E-state index < -0.39 is 5.91 Å². The van der Waals surface area contributed by atoms with Gasteiger partial charge in [0.05, 0.1) is 7.11 Å². The van der Waals surface area contributed by atoms with Crippen molar-refractivity contribution in [3.63, 3.8) is 0 Å². The smallest absolute Gasteiger partial charge is 0.263 e. The fraction of sp³-hybridized carbons (Fsp3) is 0.200. The maximum absolute atomic E-state index is 12.5. The molecule has 0 aliphatic rings. The van der Waals surface area contributed by atoms with Crippen LogP contribution in [-0.2, 0) is 17.8 Å². The van der Waals surface area contributed by atoms with Crippen molar-refractivity contribution >= 4 is 23.3 Å². The Morgan fingerprint density at radius 2 is 1.96 bits per heavy atom. The molecule has 0 saturated carbocycles. The van der Waals surface area contributed by atoms with Crippen LogP contribution >= 0.6 is 11.6 Å². The van der Waals surface area contributed by atoms with Crippen molar-refractivity contribution in [3.05, 3.63) is 76.3 Å². The predicted octanol–water partition coefficient (Wildman–Crippen LogP) is 3.52. The molecule has 0 bridgehead atoms. The fourth-order valence-corrected chi connectivity index (χ4v) is 2.79. The van der Waals surface area contributed by atoms with Gasteiger partial charge in [0, 0.05) is 24.5 Å². The average Bonchev–Trinajstić information content (AvgIpc) is 2.69. The molecule has 0 atom stereocenters. The molecule has 0 unspecified atom stereocenters. The number of ether oxygens (including phenoxy) is 2. The van der Waals surface area contributed by atoms with E-state index in [1.54, 1.807) is 12.3 Å². The van der Waals surface area contributed by atoms with Crippen LogP contribution in [0.5, 0.6) is 5.88 Å². The number of methoxy groups -OCH3 is 2. The number of carbonyl (C=O) groups is 1. The van der Waals surface area contributed by atoms with Gasteiger partial charge in [-0.15, -0.1) is 0 Å². The van der Waals surface area contributed by atoms with Crippen LogP contribution in [0.25, 0.3) is 0 Å². The normalized spacial score (nSPS) is 10.5. The molecule has 1 amide bonds. The van der Waals surface area contributed by atoms with E-state index in [1.807, 2.05) is 30.3 Å². The average molecular weight is 399 g/mol. The van der Waals surface area contributed by atoms with Crippen molar-refractivity contribution < 1.29 is 14.3 Å². The number of rotatable bonds is 7. The third kappa shape index (κ3) is 5.03. The summed E-state index contributed by atoms with van der Waals surface area (Å²) in [6.07, 6.45) is 3.82. The fourth-order valence-electron chi connectivity index (χ4n) is 2.58. The number of pyridine rings is 1. The van der Waals surface area contributed by atoms with Crippen LogP contribution < -0.4 is 10.1 Å². The lowest BCUT2D eigenvalue weighted by Crippen LogP contribution is -2.16. The summed E-state index contributed by atoms with van der Waals surface area (Å²) in [5, 5.41) is 3.42. The lowest BCUT2D eigenvalue weighted by molar-refractivity contribution is 0.102. The van der Waals surface area contributed by atoms with Gasteiger partial charge < -0.3 is 14.8 Å². The molecule has 0 saturated heterocycles. The number of amides is 1. The summed E-state index contributed by atoms with van der Waals surface area (Å²) in [4.78, 5) is 25.1. The molecule has 144 valence electrons. The number of benzene rings is 1. The second-order valence-corrected chi connectivity index (χ2v) is 6.39. The second-order valence-electron chi connectivity index (χ2n) is 5.95. The van der Waals surface area contributed by atoms with E-state index in [0.717, 1.165) is 11.1 Å². The van der Waals surface area contributed by atoms with Gasteiger partial charge in [-0.3, -0.25) is 4.79 Å². The molecule has 1 aromatic carbocycles. The lowest BCUT2D eigenvalue weighted by atomic mass is 10.1. The maximum atomic E-state index is 12.5. The first kappa shape index (κ1) is 19.7. The number of hydrogen-bond donors (Lipinski definition) is 1. The van der Waals surface area contributed by atoms with Gasteiger partial charge in [0.25, 0.3) is 5.91 Å². The van der Waals surface area contributed by atoms with Crippen molar-refractivity contribution in [1.82, 2.24) is 15.0 Å². The Morgan fingerprint density at radius 3 is 2.64 bits per heavy atom. The van der Waals surface area contributed by atoms with E-state index >= 15 is 0 Å². The summed E-state index contributed by atoms with van der Waals surface area (Å²) < 4.78 is 10.2. The van der Waals surface area contributed by atoms with Crippen LogP contribution in [0.1, 0.15) is 27.3 Å². The van der Waals surface area contributed by atoms with Crippen LogP contribution in [0.4, 0.5) is 5.82 Å². The molecule has 0 spiro atoms. The molecule has 0 aliphatic carbocycles. The Bertz CT molecular complexity index is 964. The van der Waals surface area contributed by atoms with E-state index in [-0.39, 0.29) is 18.1 Å². The molecule has 0 radical (unpaired) electrons. The Kier molecular flexibility index (Phi) is 6.52. The Labute approximate surface area is 167 Å². The van der Waals surface area contributed by atoms with E-state index in [9.17, 15) is 4.79 Å². The highest BCUT2D eigenvalue weighted by Gasteiger charge is 2.16. The standard InChI is InChI=1S/C20H19ClN4O3/c1-27-12-18-23-11-16(20(25-18)28-2)19(26)24-17-7-6-14(10-22-17)8-13-4-3-5-15(21)9-13/h3-7,9-11H,8,12H2,1-2H3,(H,22,24,26). The Hall–Kier alpha value is -3.03. The van der Waals surface area contributed by atoms with E-state index in [4.69, 9.17) is 21.1 Å². The first-order valence-electron chi connectivity index (χ1n) is 8.48. The maximum Gasteiger partial charge on any atom is 0.263 e. The zero-order valence-electron chi connectivity index (χ0n) is 15.5. The molecular weight excluding hydrogens is 380 g/mol. The molecule has 3 aromatic rings. The predicted molar refractivity (Wildman–Crippen MR) is 106 cm³/mol. The minimum absolute atomic E-state index is 0.178. The minimum atomic E-state index is -0.407. The minimum Gasteiger partial charge on any atom is -0.480 e. The summed E-state index contributed by atoms with van der Waals surface area (Å²) in [6, 6.07) is 11.3. The van der Waals surface area contributed by atoms with E-state index in [2.05, 4.69) is 20.3 Å². The molecule has 28 heavy (non-hydrogen) atoms. The second kappa shape index (κ2) is 9.25. The van der Waals surface area contributed by atoms with Crippen LogP contribution in [0.2, 0.25) is 5.02 Å². The third-order valence-corrected chi connectivity index (χ3v) is 4.11. The lowest BCUT2D eigenvalue weighted by Gasteiger charge is -2.09. The van der Waals surface area contributed by atoms with Crippen LogP contribution in [0.3, 0.4) is 0 Å². The molecule has 2 heterocycles. The summed E-state index contributed by atoms with van der Waals surface area (Å²) in [5.74, 6) is 0.621. The molecule has 7 nitrogen and oxygen atoms in total. The first-order valence-corrected chi connectivity index (χ1v) is 8.86. The molecule has 2 aromatic heterocycles. The van der Waals surface area contributed by atoms with Crippen molar-refractivity contribution in [3.8, 4) is 5.88 Å². The highest BCUT2D eigenvalue weighted by atomic mass is 35.5. The number of aromatic nitrogens is 3. The quantitative estimate of drug-likeness (QED) is 0.655. The van der Waals surface area contributed by atoms with E-state index in [0.29, 0.717) is 23.1 Å². The van der Waals surface area contributed by atoms with Gasteiger partial charge >= 0.3 is 0 Å². The third-order valence-electron chi connectivity index (χ3n) is 3.88. The van der Waals surface area contributed by atoms with Crippen LogP contribution in [-0.4, -0.2) is 35.1 Å². The highest BCUT2D eigenvalue weighted by Crippen LogP contribution is 2.18. The number of carbonyl (C=O) groups excluding carboxylic acids is 1. The SMILES string of the molecule is COCc1ncc(C(=O)Nc2ccc(Cc3cccc(Cl)c3)cn2)c(OC)n1. The van der Waals surface area contributed by atoms with Crippen LogP contribution in [0.15, 0.2) is 48.8 Å². The molecule has 3 rings (SSSR count). The molecular formula is C20H19ClN4O3. The number of nitrogens with one attached hydrogen (secondary N) is 1. The highest BCUT2D eigenvalue weighted by molar-refractivity contribution is 6.30. The summed E-state index contributed by atoms with van der Waals surface area (Å²) in [5.41, 5.74) is 2.31. The van der Waals surface area contributed by atoms with E-state index in [1.165, 1.54) is 20.4 Å². The molecule has 8 heteroatoms. The molecule has 0 fully saturated rings. The van der Waals surface area contributed by atoms with Gasteiger partial charge in [0.2, 0.25) is 5.88 Å². The zero-order chi connectivity index (χ0) is 19.9. The summed E-state index contributed by atoms with van der Waals surface area (Å²) in [7, 11) is 2.98. The van der Waals surface area contributed by atoms with Crippen molar-refractivity contribution in [2.24, 2.45) is 0 Å². The van der Waals surface area contributed by atoms with Gasteiger partial charge in [-0.05, 0) is 35.7 Å². The Balaban J connectivity index is 1.69. The summed E-state index contributed by atoms with van der Waals surface area (Å²) >= 11 is 6.01. The monoisotopic (exact) mass is 398 g/mol. The number of anilines is 1. The van der Waals surface area contributed by atoms with Crippen molar-refractivity contribution in [2.75, 3.05) is 19.5 Å². The first-order chi connectivity index (χ1) is 13.6.